The van der Waals surface area contributed by atoms with E-state index >= 15 is 0 Å². The van der Waals surface area contributed by atoms with Crippen molar-refractivity contribution in [3.63, 3.8) is 0 Å². The number of hydrogen-bond donors (Lipinski definition) is 1. The number of nitrogens with one attached hydrogen (secondary N) is 1. The quantitative estimate of drug-likeness (QED) is 0.452. The van der Waals surface area contributed by atoms with Gasteiger partial charge >= 0.3 is 0 Å². The lowest BCUT2D eigenvalue weighted by Gasteiger charge is -2.16. The van der Waals surface area contributed by atoms with Crippen LogP contribution in [0.5, 0.6) is 0 Å². The molecule has 0 bridgehead atoms. The Kier molecular flexibility index (Phi) is 5.23. The summed E-state index contributed by atoms with van der Waals surface area (Å²) in [5.74, 6) is 0.507. The Bertz CT molecular complexity index is 1260. The van der Waals surface area contributed by atoms with Crippen molar-refractivity contribution in [2.45, 2.75) is 28.8 Å². The van der Waals surface area contributed by atoms with Crippen LogP contribution in [0.15, 0.2) is 76.4 Å². The average molecular weight is 437 g/mol. The second-order valence-electron chi connectivity index (χ2n) is 8.02. The first kappa shape index (κ1) is 19.5. The largest absolute Gasteiger partial charge is 0.361 e. The van der Waals surface area contributed by atoms with Crippen molar-refractivity contribution in [2.75, 3.05) is 13.1 Å². The van der Waals surface area contributed by atoms with E-state index in [-0.39, 0.29) is 5.75 Å². The first-order chi connectivity index (χ1) is 14.6. The van der Waals surface area contributed by atoms with Crippen LogP contribution in [0.25, 0.3) is 10.9 Å². The number of hydrogen-bond acceptors (Lipinski definition) is 4. The Morgan fingerprint density at radius 2 is 1.97 bits per heavy atom. The second-order valence-corrected chi connectivity index (χ2v) is 11.2. The average Bonchev–Trinajstić information content (AvgIpc) is 3.50. The highest BCUT2D eigenvalue weighted by atomic mass is 32.2. The van der Waals surface area contributed by atoms with Gasteiger partial charge in [0.1, 0.15) is 4.21 Å². The summed E-state index contributed by atoms with van der Waals surface area (Å²) in [5, 5.41) is 3.10. The van der Waals surface area contributed by atoms with E-state index in [1.165, 1.54) is 33.4 Å². The normalized spacial score (nSPS) is 17.7. The van der Waals surface area contributed by atoms with Crippen LogP contribution in [0.2, 0.25) is 0 Å². The van der Waals surface area contributed by atoms with Gasteiger partial charge in [0, 0.05) is 30.2 Å². The maximum Gasteiger partial charge on any atom is 0.191 e. The van der Waals surface area contributed by atoms with E-state index < -0.39 is 9.84 Å². The minimum atomic E-state index is -3.27. The summed E-state index contributed by atoms with van der Waals surface area (Å²) < 4.78 is 25.7. The molecule has 4 nitrogen and oxygen atoms in total. The van der Waals surface area contributed by atoms with Crippen LogP contribution >= 0.6 is 11.3 Å². The number of aromatic amines is 1. The number of likely N-dealkylation sites (tertiary alicyclic amines) is 1. The topological polar surface area (TPSA) is 53.2 Å². The molecule has 5 rings (SSSR count). The van der Waals surface area contributed by atoms with E-state index in [1.807, 2.05) is 17.5 Å². The minimum absolute atomic E-state index is 0.0626. The Balaban J connectivity index is 1.28. The van der Waals surface area contributed by atoms with Gasteiger partial charge in [-0.15, -0.1) is 11.3 Å². The van der Waals surface area contributed by atoms with Gasteiger partial charge in [-0.25, -0.2) is 8.42 Å². The zero-order valence-corrected chi connectivity index (χ0v) is 18.3. The van der Waals surface area contributed by atoms with Crippen molar-refractivity contribution in [1.29, 1.82) is 0 Å². The molecule has 1 aliphatic heterocycles. The van der Waals surface area contributed by atoms with E-state index in [4.69, 9.17) is 0 Å². The summed E-state index contributed by atoms with van der Waals surface area (Å²) in [6, 6.07) is 20.0. The van der Waals surface area contributed by atoms with Gasteiger partial charge in [-0.2, -0.15) is 0 Å². The molecule has 3 heterocycles. The first-order valence-electron chi connectivity index (χ1n) is 10.2. The van der Waals surface area contributed by atoms with Crippen molar-refractivity contribution in [1.82, 2.24) is 9.88 Å². The molecule has 0 radical (unpaired) electrons. The maximum atomic E-state index is 12.6. The zero-order chi connectivity index (χ0) is 20.6. The SMILES string of the molecule is O=S(=O)(Cc1cccc(C2CCN(Cc3c[nH]c4ccccc34)C2)c1)c1cccs1. The van der Waals surface area contributed by atoms with E-state index in [2.05, 4.69) is 52.5 Å². The Hall–Kier alpha value is -2.41. The molecule has 0 aliphatic carbocycles. The second kappa shape index (κ2) is 8.02. The molecule has 0 spiro atoms. The minimum Gasteiger partial charge on any atom is -0.361 e. The van der Waals surface area contributed by atoms with Crippen LogP contribution in [0.1, 0.15) is 29.0 Å². The molecule has 2 aromatic heterocycles. The number of para-hydroxylation sites is 1. The molecule has 2 aromatic carbocycles. The van der Waals surface area contributed by atoms with E-state index in [9.17, 15) is 8.42 Å². The Morgan fingerprint density at radius 1 is 1.07 bits per heavy atom. The molecule has 0 amide bonds. The van der Waals surface area contributed by atoms with Gasteiger partial charge in [-0.3, -0.25) is 4.90 Å². The van der Waals surface area contributed by atoms with Crippen LogP contribution in [0.4, 0.5) is 0 Å². The summed E-state index contributed by atoms with van der Waals surface area (Å²) in [7, 11) is -3.27. The molecule has 154 valence electrons. The standard InChI is InChI=1S/C24H24N2O2S2/c27-30(28,24-9-4-12-29-24)17-18-5-3-6-19(13-18)20-10-11-26(15-20)16-21-14-25-23-8-2-1-7-22(21)23/h1-9,12-14,20,25H,10-11,15-17H2. The molecule has 1 saturated heterocycles. The van der Waals surface area contributed by atoms with Gasteiger partial charge in [0.25, 0.3) is 0 Å². The van der Waals surface area contributed by atoms with Gasteiger partial charge in [0.2, 0.25) is 0 Å². The smallest absolute Gasteiger partial charge is 0.191 e. The summed E-state index contributed by atoms with van der Waals surface area (Å²) in [4.78, 5) is 5.86. The molecule has 1 N–H and O–H groups in total. The lowest BCUT2D eigenvalue weighted by molar-refractivity contribution is 0.328. The highest BCUT2D eigenvalue weighted by Crippen LogP contribution is 2.31. The summed E-state index contributed by atoms with van der Waals surface area (Å²) in [6.45, 7) is 3.00. The fourth-order valence-corrected chi connectivity index (χ4v) is 6.84. The Labute approximate surface area is 181 Å². The van der Waals surface area contributed by atoms with Gasteiger partial charge in [0.15, 0.2) is 9.84 Å². The molecule has 1 atom stereocenters. The molecule has 4 aromatic rings. The molecule has 1 fully saturated rings. The highest BCUT2D eigenvalue weighted by Gasteiger charge is 2.25. The number of benzene rings is 2. The van der Waals surface area contributed by atoms with Gasteiger partial charge in [-0.1, -0.05) is 48.5 Å². The number of aromatic nitrogens is 1. The van der Waals surface area contributed by atoms with E-state index in [1.54, 1.807) is 12.1 Å². The van der Waals surface area contributed by atoms with Crippen molar-refractivity contribution in [3.05, 3.63) is 88.9 Å². The summed E-state index contributed by atoms with van der Waals surface area (Å²) in [6.07, 6.45) is 3.22. The van der Waals surface area contributed by atoms with Crippen LogP contribution in [-0.2, 0) is 22.1 Å². The number of fused-ring (bicyclic) bond motifs is 1. The highest BCUT2D eigenvalue weighted by molar-refractivity contribution is 7.92. The molecule has 1 aliphatic rings. The third kappa shape index (κ3) is 3.95. The number of thiophene rings is 1. The third-order valence-electron chi connectivity index (χ3n) is 5.92. The Morgan fingerprint density at radius 3 is 2.83 bits per heavy atom. The molecule has 30 heavy (non-hydrogen) atoms. The van der Waals surface area contributed by atoms with Crippen molar-refractivity contribution >= 4 is 32.1 Å². The van der Waals surface area contributed by atoms with Crippen LogP contribution in [0, 0.1) is 0 Å². The van der Waals surface area contributed by atoms with E-state index in [0.29, 0.717) is 10.1 Å². The van der Waals surface area contributed by atoms with Crippen molar-refractivity contribution in [2.24, 2.45) is 0 Å². The zero-order valence-electron chi connectivity index (χ0n) is 16.6. The molecular weight excluding hydrogens is 412 g/mol. The molecule has 0 saturated carbocycles. The lowest BCUT2D eigenvalue weighted by Crippen LogP contribution is -2.19. The monoisotopic (exact) mass is 436 g/mol. The molecule has 1 unspecified atom stereocenters. The predicted molar refractivity (Wildman–Crippen MR) is 123 cm³/mol. The third-order valence-corrected chi connectivity index (χ3v) is 9.10. The number of rotatable bonds is 6. The number of sulfone groups is 1. The summed E-state index contributed by atoms with van der Waals surface area (Å²) in [5.41, 5.74) is 4.64. The number of H-pyrrole nitrogens is 1. The van der Waals surface area contributed by atoms with Gasteiger partial charge in [0.05, 0.1) is 5.75 Å². The van der Waals surface area contributed by atoms with Crippen LogP contribution in [-0.4, -0.2) is 31.4 Å². The molecule has 6 heteroatoms. The van der Waals surface area contributed by atoms with Gasteiger partial charge < -0.3 is 4.98 Å². The van der Waals surface area contributed by atoms with Crippen molar-refractivity contribution in [3.8, 4) is 0 Å². The lowest BCUT2D eigenvalue weighted by atomic mass is 9.97. The van der Waals surface area contributed by atoms with E-state index in [0.717, 1.165) is 31.6 Å². The predicted octanol–water partition coefficient (Wildman–Crippen LogP) is 5.19. The molecular formula is C24H24N2O2S2. The summed E-state index contributed by atoms with van der Waals surface area (Å²) >= 11 is 1.28. The van der Waals surface area contributed by atoms with Crippen molar-refractivity contribution < 1.29 is 8.42 Å². The van der Waals surface area contributed by atoms with Crippen LogP contribution in [0.3, 0.4) is 0 Å². The number of nitrogens with zero attached hydrogens (tertiary/aromatic N) is 1. The fraction of sp³-hybridized carbons (Fsp3) is 0.250. The van der Waals surface area contributed by atoms with Crippen LogP contribution < -0.4 is 0 Å². The first-order valence-corrected chi connectivity index (χ1v) is 12.7. The maximum absolute atomic E-state index is 12.6. The van der Waals surface area contributed by atoms with Gasteiger partial charge in [-0.05, 0) is 53.1 Å². The fourth-order valence-electron chi connectivity index (χ4n) is 4.42.